The summed E-state index contributed by atoms with van der Waals surface area (Å²) in [5.74, 6) is 0.105. The lowest BCUT2D eigenvalue weighted by molar-refractivity contribution is -0.121. The molecular formula is C26H26N4O3S. The van der Waals surface area contributed by atoms with Gasteiger partial charge < -0.3 is 9.30 Å². The predicted octanol–water partition coefficient (Wildman–Crippen LogP) is 4.62. The Labute approximate surface area is 202 Å². The number of rotatable bonds is 7. The van der Waals surface area contributed by atoms with Crippen molar-refractivity contribution < 1.29 is 14.3 Å². The Balaban J connectivity index is 1.35. The molecule has 0 bridgehead atoms. The number of nitrogens with zero attached hydrogens (tertiary/aromatic N) is 2. The number of carbonyl (C=O) groups is 2. The van der Waals surface area contributed by atoms with Gasteiger partial charge in [-0.1, -0.05) is 18.2 Å². The smallest absolute Gasteiger partial charge is 0.271 e. The Kier molecular flexibility index (Phi) is 7.08. The van der Waals surface area contributed by atoms with E-state index in [1.54, 1.807) is 0 Å². The van der Waals surface area contributed by atoms with E-state index in [2.05, 4.69) is 15.8 Å². The Morgan fingerprint density at radius 3 is 2.47 bits per heavy atom. The second-order valence-corrected chi connectivity index (χ2v) is 8.59. The van der Waals surface area contributed by atoms with Gasteiger partial charge in [-0.25, -0.2) is 4.98 Å². The largest absolute Gasteiger partial charge is 0.494 e. The number of hydrogen-bond acceptors (Lipinski definition) is 5. The third-order valence-electron chi connectivity index (χ3n) is 5.31. The zero-order valence-corrected chi connectivity index (χ0v) is 20.1. The number of thiazole rings is 1. The Morgan fingerprint density at radius 2 is 1.76 bits per heavy atom. The number of para-hydroxylation sites is 1. The first kappa shape index (κ1) is 23.3. The van der Waals surface area contributed by atoms with Gasteiger partial charge >= 0.3 is 0 Å². The van der Waals surface area contributed by atoms with Crippen LogP contribution in [0, 0.1) is 13.8 Å². The van der Waals surface area contributed by atoms with E-state index in [4.69, 9.17) is 4.74 Å². The minimum absolute atomic E-state index is 0.0663. The highest BCUT2D eigenvalue weighted by Gasteiger charge is 2.17. The molecule has 0 saturated carbocycles. The predicted molar refractivity (Wildman–Crippen MR) is 133 cm³/mol. The van der Waals surface area contributed by atoms with Crippen molar-refractivity contribution in [3.63, 3.8) is 0 Å². The van der Waals surface area contributed by atoms with Crippen LogP contribution in [0.1, 0.15) is 34.4 Å². The normalized spacial score (nSPS) is 10.7. The molecule has 0 fully saturated rings. The first-order chi connectivity index (χ1) is 16.5. The molecule has 2 aromatic heterocycles. The maximum atomic E-state index is 12.7. The van der Waals surface area contributed by atoms with Crippen LogP contribution in [0.5, 0.6) is 5.75 Å². The van der Waals surface area contributed by atoms with Crippen molar-refractivity contribution in [2.75, 3.05) is 6.61 Å². The highest BCUT2D eigenvalue weighted by molar-refractivity contribution is 7.13. The van der Waals surface area contributed by atoms with Crippen LogP contribution >= 0.6 is 11.3 Å². The molecule has 0 aliphatic carbocycles. The maximum absolute atomic E-state index is 12.7. The molecule has 2 heterocycles. The van der Waals surface area contributed by atoms with Crippen molar-refractivity contribution in [2.24, 2.45) is 0 Å². The van der Waals surface area contributed by atoms with Crippen LogP contribution in [-0.4, -0.2) is 28.0 Å². The third kappa shape index (κ3) is 5.18. The first-order valence-electron chi connectivity index (χ1n) is 11.0. The zero-order valence-electron chi connectivity index (χ0n) is 19.3. The van der Waals surface area contributed by atoms with Gasteiger partial charge in [-0.3, -0.25) is 20.4 Å². The molecule has 34 heavy (non-hydrogen) atoms. The van der Waals surface area contributed by atoms with Crippen LogP contribution < -0.4 is 15.6 Å². The summed E-state index contributed by atoms with van der Waals surface area (Å²) in [5.41, 5.74) is 9.84. The standard InChI is InChI=1S/C26H26N4O3S/c1-4-33-22-12-10-19(11-13-22)26-27-20(16-34-26)15-24(31)28-29-25(32)23-14-17(2)30(18(23)3)21-8-6-5-7-9-21/h5-14,16H,4,15H2,1-3H3,(H,28,31)(H,29,32). The number of nitrogens with one attached hydrogen (secondary N) is 2. The fourth-order valence-corrected chi connectivity index (χ4v) is 4.58. The van der Waals surface area contributed by atoms with Gasteiger partial charge in [-0.05, 0) is 63.2 Å². The monoisotopic (exact) mass is 474 g/mol. The fraction of sp³-hybridized carbons (Fsp3) is 0.192. The van der Waals surface area contributed by atoms with Crippen molar-refractivity contribution >= 4 is 23.2 Å². The van der Waals surface area contributed by atoms with Crippen LogP contribution in [0.3, 0.4) is 0 Å². The average Bonchev–Trinajstić information content (AvgIpc) is 3.42. The molecule has 0 aliphatic heterocycles. The molecule has 2 N–H and O–H groups in total. The number of aromatic nitrogens is 2. The molecule has 7 nitrogen and oxygen atoms in total. The van der Waals surface area contributed by atoms with Gasteiger partial charge in [0.2, 0.25) is 5.91 Å². The minimum atomic E-state index is -0.364. The second-order valence-electron chi connectivity index (χ2n) is 7.74. The average molecular weight is 475 g/mol. The SMILES string of the molecule is CCOc1ccc(-c2nc(CC(=O)NNC(=O)c3cc(C)n(-c4ccccc4)c3C)cs2)cc1. The lowest BCUT2D eigenvalue weighted by Crippen LogP contribution is -2.42. The maximum Gasteiger partial charge on any atom is 0.271 e. The van der Waals surface area contributed by atoms with Crippen LogP contribution in [0.4, 0.5) is 0 Å². The van der Waals surface area contributed by atoms with Crippen molar-refractivity contribution in [2.45, 2.75) is 27.2 Å². The number of carbonyl (C=O) groups excluding carboxylic acids is 2. The molecule has 4 aromatic rings. The molecule has 174 valence electrons. The van der Waals surface area contributed by atoms with Gasteiger partial charge in [0.05, 0.1) is 24.3 Å². The topological polar surface area (TPSA) is 85.2 Å². The quantitative estimate of drug-likeness (QED) is 0.383. The fourth-order valence-electron chi connectivity index (χ4n) is 3.75. The molecule has 0 radical (unpaired) electrons. The van der Waals surface area contributed by atoms with Gasteiger partial charge in [-0.2, -0.15) is 0 Å². The van der Waals surface area contributed by atoms with E-state index < -0.39 is 0 Å². The van der Waals surface area contributed by atoms with E-state index in [9.17, 15) is 9.59 Å². The highest BCUT2D eigenvalue weighted by Crippen LogP contribution is 2.26. The lowest BCUT2D eigenvalue weighted by Gasteiger charge is -2.10. The molecule has 2 amide bonds. The van der Waals surface area contributed by atoms with E-state index in [-0.39, 0.29) is 18.2 Å². The number of amides is 2. The van der Waals surface area contributed by atoms with Gasteiger partial charge in [0, 0.05) is 28.0 Å². The van der Waals surface area contributed by atoms with E-state index >= 15 is 0 Å². The van der Waals surface area contributed by atoms with Crippen LogP contribution in [0.2, 0.25) is 0 Å². The number of hydrazine groups is 1. The van der Waals surface area contributed by atoms with E-state index in [0.29, 0.717) is 17.9 Å². The second kappa shape index (κ2) is 10.4. The van der Waals surface area contributed by atoms with Gasteiger partial charge in [0.1, 0.15) is 10.8 Å². The lowest BCUT2D eigenvalue weighted by atomic mass is 10.2. The molecule has 0 spiro atoms. The summed E-state index contributed by atoms with van der Waals surface area (Å²) in [4.78, 5) is 29.7. The first-order valence-corrected chi connectivity index (χ1v) is 11.9. The van der Waals surface area contributed by atoms with Crippen molar-refractivity contribution in [1.29, 1.82) is 0 Å². The van der Waals surface area contributed by atoms with E-state index in [1.165, 1.54) is 11.3 Å². The molecule has 0 atom stereocenters. The zero-order chi connectivity index (χ0) is 24.1. The molecule has 4 rings (SSSR count). The van der Waals surface area contributed by atoms with Crippen LogP contribution in [-0.2, 0) is 11.2 Å². The Bertz CT molecular complexity index is 1290. The highest BCUT2D eigenvalue weighted by atomic mass is 32.1. The number of aryl methyl sites for hydroxylation is 1. The van der Waals surface area contributed by atoms with Gasteiger partial charge in [-0.15, -0.1) is 11.3 Å². The van der Waals surface area contributed by atoms with Gasteiger partial charge in [0.15, 0.2) is 0 Å². The van der Waals surface area contributed by atoms with Gasteiger partial charge in [0.25, 0.3) is 5.91 Å². The molecule has 0 aliphatic rings. The minimum Gasteiger partial charge on any atom is -0.494 e. The summed E-state index contributed by atoms with van der Waals surface area (Å²) in [6.07, 6.45) is 0.0663. The van der Waals surface area contributed by atoms with Crippen molar-refractivity contribution in [3.05, 3.63) is 88.7 Å². The number of ether oxygens (including phenoxy) is 1. The molecule has 0 saturated heterocycles. The summed E-state index contributed by atoms with van der Waals surface area (Å²) < 4.78 is 7.47. The van der Waals surface area contributed by atoms with Crippen molar-refractivity contribution in [3.8, 4) is 22.0 Å². The van der Waals surface area contributed by atoms with Crippen LogP contribution in [0.25, 0.3) is 16.3 Å². The Hall–Kier alpha value is -3.91. The molecule has 8 heteroatoms. The summed E-state index contributed by atoms with van der Waals surface area (Å²) in [6, 6.07) is 19.3. The number of hydrogen-bond donors (Lipinski definition) is 2. The van der Waals surface area contributed by atoms with E-state index in [1.807, 2.05) is 91.4 Å². The van der Waals surface area contributed by atoms with Crippen molar-refractivity contribution in [1.82, 2.24) is 20.4 Å². The third-order valence-corrected chi connectivity index (χ3v) is 6.25. The van der Waals surface area contributed by atoms with E-state index in [0.717, 1.165) is 33.4 Å². The molecule has 2 aromatic carbocycles. The van der Waals surface area contributed by atoms with Crippen LogP contribution in [0.15, 0.2) is 66.0 Å². The summed E-state index contributed by atoms with van der Waals surface area (Å²) in [6.45, 7) is 6.38. The molecule has 0 unspecified atom stereocenters. The Morgan fingerprint density at radius 1 is 1.03 bits per heavy atom. The summed E-state index contributed by atoms with van der Waals surface area (Å²) >= 11 is 1.47. The summed E-state index contributed by atoms with van der Waals surface area (Å²) in [5, 5.41) is 2.67. The summed E-state index contributed by atoms with van der Waals surface area (Å²) in [7, 11) is 0. The molecular weight excluding hydrogens is 448 g/mol. The number of benzene rings is 2.